The summed E-state index contributed by atoms with van der Waals surface area (Å²) in [5.74, 6) is 0.819. The van der Waals surface area contributed by atoms with Gasteiger partial charge in [-0.15, -0.1) is 6.58 Å². The molecule has 1 aromatic carbocycles. The Balaban J connectivity index is 2.05. The van der Waals surface area contributed by atoms with E-state index in [2.05, 4.69) is 30.8 Å². The molecule has 62 valence electrons. The molecule has 0 saturated carbocycles. The van der Waals surface area contributed by atoms with Gasteiger partial charge in [-0.1, -0.05) is 30.3 Å². The molecule has 0 fully saturated rings. The maximum atomic E-state index is 3.75. The van der Waals surface area contributed by atoms with Crippen molar-refractivity contribution in [2.75, 3.05) is 0 Å². The molecule has 0 spiro atoms. The monoisotopic (exact) mass is 158 g/mol. The molecule has 0 radical (unpaired) electrons. The summed E-state index contributed by atoms with van der Waals surface area (Å²) in [5, 5.41) is 0. The maximum absolute atomic E-state index is 3.75. The van der Waals surface area contributed by atoms with E-state index in [-0.39, 0.29) is 0 Å². The van der Waals surface area contributed by atoms with Crippen molar-refractivity contribution < 1.29 is 0 Å². The van der Waals surface area contributed by atoms with Gasteiger partial charge >= 0.3 is 0 Å². The van der Waals surface area contributed by atoms with E-state index in [4.69, 9.17) is 0 Å². The van der Waals surface area contributed by atoms with Crippen LogP contribution in [0, 0.1) is 0 Å². The Hall–Kier alpha value is -1.04. The molecule has 1 aromatic rings. The molecule has 0 heterocycles. The van der Waals surface area contributed by atoms with E-state index >= 15 is 0 Å². The van der Waals surface area contributed by atoms with Crippen LogP contribution < -0.4 is 0 Å². The van der Waals surface area contributed by atoms with Crippen molar-refractivity contribution in [1.29, 1.82) is 0 Å². The molecular weight excluding hydrogens is 144 g/mol. The van der Waals surface area contributed by atoms with Gasteiger partial charge in [0, 0.05) is 0 Å². The minimum absolute atomic E-state index is 0.819. The molecule has 0 aliphatic heterocycles. The minimum atomic E-state index is 0.819. The third kappa shape index (κ3) is 1.18. The summed E-state index contributed by atoms with van der Waals surface area (Å²) < 4.78 is 0. The van der Waals surface area contributed by atoms with E-state index in [1.807, 2.05) is 6.08 Å². The second-order valence-corrected chi connectivity index (χ2v) is 3.47. The minimum Gasteiger partial charge on any atom is -0.103 e. The van der Waals surface area contributed by atoms with Gasteiger partial charge in [0.05, 0.1) is 0 Å². The van der Waals surface area contributed by atoms with E-state index in [0.29, 0.717) is 0 Å². The summed E-state index contributed by atoms with van der Waals surface area (Å²) >= 11 is 0. The standard InChI is InChI=1S/C12H14/c1-2-3-6-10-9-11-7-4-5-8-12(10)11/h2,4-5,7-8,10H,1,3,6,9H2. The summed E-state index contributed by atoms with van der Waals surface area (Å²) in [5.41, 5.74) is 3.12. The Morgan fingerprint density at radius 3 is 3.00 bits per heavy atom. The molecule has 1 unspecified atom stereocenters. The zero-order valence-corrected chi connectivity index (χ0v) is 7.29. The van der Waals surface area contributed by atoms with Gasteiger partial charge in [0.1, 0.15) is 0 Å². The molecule has 1 atom stereocenters. The summed E-state index contributed by atoms with van der Waals surface area (Å²) in [6, 6.07) is 8.76. The number of hydrogen-bond donors (Lipinski definition) is 0. The highest BCUT2D eigenvalue weighted by molar-refractivity contribution is 5.39. The molecule has 12 heavy (non-hydrogen) atoms. The van der Waals surface area contributed by atoms with E-state index in [1.165, 1.54) is 12.8 Å². The highest BCUT2D eigenvalue weighted by Crippen LogP contribution is 2.37. The largest absolute Gasteiger partial charge is 0.103 e. The van der Waals surface area contributed by atoms with Gasteiger partial charge in [-0.2, -0.15) is 0 Å². The van der Waals surface area contributed by atoms with Crippen molar-refractivity contribution >= 4 is 0 Å². The van der Waals surface area contributed by atoms with Gasteiger partial charge in [-0.25, -0.2) is 0 Å². The van der Waals surface area contributed by atoms with Crippen molar-refractivity contribution in [3.63, 3.8) is 0 Å². The van der Waals surface area contributed by atoms with Crippen molar-refractivity contribution in [1.82, 2.24) is 0 Å². The second-order valence-electron chi connectivity index (χ2n) is 3.47. The molecule has 0 bridgehead atoms. The van der Waals surface area contributed by atoms with Crippen LogP contribution in [0.3, 0.4) is 0 Å². The lowest BCUT2D eigenvalue weighted by atomic mass is 9.75. The molecule has 0 saturated heterocycles. The van der Waals surface area contributed by atoms with Gasteiger partial charge in [0.25, 0.3) is 0 Å². The van der Waals surface area contributed by atoms with Crippen LogP contribution in [0.2, 0.25) is 0 Å². The zero-order chi connectivity index (χ0) is 8.39. The van der Waals surface area contributed by atoms with E-state index in [1.54, 1.807) is 11.1 Å². The van der Waals surface area contributed by atoms with Crippen LogP contribution in [0.1, 0.15) is 29.9 Å². The van der Waals surface area contributed by atoms with E-state index < -0.39 is 0 Å². The number of fused-ring (bicyclic) bond motifs is 1. The van der Waals surface area contributed by atoms with Crippen molar-refractivity contribution in [3.05, 3.63) is 48.0 Å². The normalized spacial score (nSPS) is 19.5. The molecule has 2 rings (SSSR count). The van der Waals surface area contributed by atoms with Crippen LogP contribution in [-0.4, -0.2) is 0 Å². The Morgan fingerprint density at radius 1 is 1.42 bits per heavy atom. The smallest absolute Gasteiger partial charge is 0.0116 e. The van der Waals surface area contributed by atoms with Crippen molar-refractivity contribution in [2.45, 2.75) is 25.2 Å². The summed E-state index contributed by atoms with van der Waals surface area (Å²) in [7, 11) is 0. The average Bonchev–Trinajstić information content (AvgIpc) is 2.07. The quantitative estimate of drug-likeness (QED) is 0.592. The fourth-order valence-corrected chi connectivity index (χ4v) is 1.94. The first-order chi connectivity index (χ1) is 5.92. The van der Waals surface area contributed by atoms with Gasteiger partial charge in [0.15, 0.2) is 0 Å². The molecule has 0 aromatic heterocycles. The zero-order valence-electron chi connectivity index (χ0n) is 7.29. The van der Waals surface area contributed by atoms with E-state index in [0.717, 1.165) is 12.3 Å². The molecule has 0 amide bonds. The predicted octanol–water partition coefficient (Wildman–Crippen LogP) is 3.29. The first kappa shape index (κ1) is 7.60. The van der Waals surface area contributed by atoms with Crippen molar-refractivity contribution in [2.24, 2.45) is 0 Å². The number of hydrogen-bond acceptors (Lipinski definition) is 0. The number of rotatable bonds is 3. The van der Waals surface area contributed by atoms with Gasteiger partial charge in [-0.3, -0.25) is 0 Å². The van der Waals surface area contributed by atoms with E-state index in [9.17, 15) is 0 Å². The van der Waals surface area contributed by atoms with Gasteiger partial charge in [0.2, 0.25) is 0 Å². The molecule has 1 aliphatic rings. The van der Waals surface area contributed by atoms with Crippen LogP contribution in [0.15, 0.2) is 36.9 Å². The third-order valence-corrected chi connectivity index (χ3v) is 2.68. The Kier molecular flexibility index (Phi) is 1.99. The van der Waals surface area contributed by atoms with Crippen LogP contribution in [-0.2, 0) is 6.42 Å². The Labute approximate surface area is 73.9 Å². The van der Waals surface area contributed by atoms with Crippen molar-refractivity contribution in [3.8, 4) is 0 Å². The molecular formula is C12H14. The molecule has 0 N–H and O–H groups in total. The fraction of sp³-hybridized carbons (Fsp3) is 0.333. The van der Waals surface area contributed by atoms with Crippen LogP contribution in [0.4, 0.5) is 0 Å². The summed E-state index contributed by atoms with van der Waals surface area (Å²) in [6.07, 6.45) is 5.73. The Morgan fingerprint density at radius 2 is 2.25 bits per heavy atom. The molecule has 1 aliphatic carbocycles. The maximum Gasteiger partial charge on any atom is -0.0116 e. The predicted molar refractivity (Wildman–Crippen MR) is 52.3 cm³/mol. The van der Waals surface area contributed by atoms with Crippen LogP contribution in [0.5, 0.6) is 0 Å². The summed E-state index contributed by atoms with van der Waals surface area (Å²) in [4.78, 5) is 0. The average molecular weight is 158 g/mol. The number of benzene rings is 1. The topological polar surface area (TPSA) is 0 Å². The first-order valence-electron chi connectivity index (χ1n) is 4.60. The third-order valence-electron chi connectivity index (χ3n) is 2.68. The highest BCUT2D eigenvalue weighted by Gasteiger charge is 2.23. The second kappa shape index (κ2) is 3.14. The SMILES string of the molecule is C=CCCC1Cc2ccccc21. The number of allylic oxidation sites excluding steroid dienone is 1. The lowest BCUT2D eigenvalue weighted by Crippen LogP contribution is -2.16. The first-order valence-corrected chi connectivity index (χ1v) is 4.60. The lowest BCUT2D eigenvalue weighted by Gasteiger charge is -2.29. The lowest BCUT2D eigenvalue weighted by molar-refractivity contribution is 0.565. The molecule has 0 heteroatoms. The molecule has 0 nitrogen and oxygen atoms in total. The van der Waals surface area contributed by atoms with Gasteiger partial charge in [-0.05, 0) is 36.3 Å². The Bertz CT molecular complexity index is 286. The highest BCUT2D eigenvalue weighted by atomic mass is 14.3. The fourth-order valence-electron chi connectivity index (χ4n) is 1.94. The van der Waals surface area contributed by atoms with Crippen LogP contribution >= 0.6 is 0 Å². The van der Waals surface area contributed by atoms with Crippen LogP contribution in [0.25, 0.3) is 0 Å². The summed E-state index contributed by atoms with van der Waals surface area (Å²) in [6.45, 7) is 3.75. The van der Waals surface area contributed by atoms with Gasteiger partial charge < -0.3 is 0 Å².